The van der Waals surface area contributed by atoms with E-state index in [-0.39, 0.29) is 5.75 Å². The van der Waals surface area contributed by atoms with Gasteiger partial charge in [-0.2, -0.15) is 0 Å². The van der Waals surface area contributed by atoms with Gasteiger partial charge in [-0.25, -0.2) is 0 Å². The van der Waals surface area contributed by atoms with E-state index in [0.717, 1.165) is 0 Å². The van der Waals surface area contributed by atoms with Crippen molar-refractivity contribution >= 4 is 40.9 Å². The zero-order chi connectivity index (χ0) is 10.8. The molecule has 0 bridgehead atoms. The molecule has 0 saturated carbocycles. The lowest BCUT2D eigenvalue weighted by Crippen LogP contribution is -1.99. The van der Waals surface area contributed by atoms with Gasteiger partial charge in [-0.1, -0.05) is 29.3 Å². The van der Waals surface area contributed by atoms with Crippen LogP contribution in [-0.4, -0.2) is 9.79 Å². The van der Waals surface area contributed by atoms with Gasteiger partial charge in [0.2, 0.25) is 5.75 Å². The highest BCUT2D eigenvalue weighted by molar-refractivity contribution is 8.15. The minimum atomic E-state index is -4.04. The summed E-state index contributed by atoms with van der Waals surface area (Å²) in [5, 5.41) is 0.915. The predicted molar refractivity (Wildman–Crippen MR) is 58.9 cm³/mol. The van der Waals surface area contributed by atoms with E-state index in [9.17, 15) is 4.89 Å². The molecule has 7 heteroatoms. The van der Waals surface area contributed by atoms with Crippen LogP contribution in [0.1, 0.15) is 5.56 Å². The summed E-state index contributed by atoms with van der Waals surface area (Å²) in [6, 6.07) is 4.81. The first-order valence-corrected chi connectivity index (χ1v) is 7.48. The van der Waals surface area contributed by atoms with E-state index in [1.54, 1.807) is 18.2 Å². The van der Waals surface area contributed by atoms with Gasteiger partial charge in [-0.3, -0.25) is 0 Å². The van der Waals surface area contributed by atoms with Crippen LogP contribution in [0.15, 0.2) is 18.2 Å². The first kappa shape index (κ1) is 12.4. The molecule has 1 aromatic rings. The standard InChI is InChI=1S/C7H7Cl2O3PS/c8-6-2-1-5(7(9)3-6)4-14-13(10,11)12/h1-3H,4H2,(H2-,10,11,12). The third-order valence-electron chi connectivity index (χ3n) is 1.40. The van der Waals surface area contributed by atoms with Gasteiger partial charge < -0.3 is 14.7 Å². The summed E-state index contributed by atoms with van der Waals surface area (Å²) in [6.45, 7) is -4.04. The Hall–Kier alpha value is 0.330. The van der Waals surface area contributed by atoms with Crippen molar-refractivity contribution < 1.29 is 14.7 Å². The van der Waals surface area contributed by atoms with E-state index < -0.39 is 6.72 Å². The van der Waals surface area contributed by atoms with Gasteiger partial charge >= 0.3 is 6.72 Å². The van der Waals surface area contributed by atoms with Crippen molar-refractivity contribution in [3.63, 3.8) is 0 Å². The van der Waals surface area contributed by atoms with Crippen LogP contribution in [0.3, 0.4) is 0 Å². The van der Waals surface area contributed by atoms with E-state index >= 15 is 0 Å². The molecule has 0 amide bonds. The highest BCUT2D eigenvalue weighted by Crippen LogP contribution is 2.28. The van der Waals surface area contributed by atoms with Gasteiger partial charge in [-0.05, 0) is 12.1 Å². The lowest BCUT2D eigenvalue weighted by atomic mass is 10.2. The van der Waals surface area contributed by atoms with Crippen LogP contribution in [-0.2, 0) is 16.7 Å². The van der Waals surface area contributed by atoms with E-state index in [2.05, 4.69) is 0 Å². The van der Waals surface area contributed by atoms with Crippen molar-refractivity contribution in [3.8, 4) is 0 Å². The third-order valence-corrected chi connectivity index (χ3v) is 4.16. The molecule has 0 spiro atoms. The summed E-state index contributed by atoms with van der Waals surface area (Å²) >= 11 is 11.5. The number of benzene rings is 1. The SMILES string of the molecule is [O-]P(O)(O)=[S+]Cc1ccc(Cl)cc1Cl. The quantitative estimate of drug-likeness (QED) is 0.635. The molecule has 1 rings (SSSR count). The van der Waals surface area contributed by atoms with Gasteiger partial charge in [0.15, 0.2) is 10.9 Å². The maximum absolute atomic E-state index is 10.6. The number of rotatable bonds is 2. The van der Waals surface area contributed by atoms with Gasteiger partial charge in [0.1, 0.15) is 0 Å². The molecule has 3 nitrogen and oxygen atoms in total. The Bertz CT molecular complexity index is 382. The van der Waals surface area contributed by atoms with Gasteiger partial charge in [0.05, 0.1) is 5.02 Å². The fourth-order valence-electron chi connectivity index (χ4n) is 0.792. The lowest BCUT2D eigenvalue weighted by molar-refractivity contribution is -0.196. The minimum Gasteiger partial charge on any atom is -0.742 e. The summed E-state index contributed by atoms with van der Waals surface area (Å²) in [4.78, 5) is 27.8. The molecule has 2 N–H and O–H groups in total. The van der Waals surface area contributed by atoms with Crippen molar-refractivity contribution in [1.82, 2.24) is 0 Å². The molecule has 0 saturated heterocycles. The molecular weight excluding hydrogens is 266 g/mol. The van der Waals surface area contributed by atoms with E-state index in [4.69, 9.17) is 33.0 Å². The molecule has 0 aliphatic heterocycles. The average molecular weight is 273 g/mol. The summed E-state index contributed by atoms with van der Waals surface area (Å²) in [7, 11) is 0.546. The van der Waals surface area contributed by atoms with Crippen LogP contribution in [0.2, 0.25) is 10.0 Å². The normalized spacial score (nSPS) is 11.5. The summed E-state index contributed by atoms with van der Waals surface area (Å²) in [5.74, 6) is 0.167. The second-order valence-electron chi connectivity index (χ2n) is 2.50. The Morgan fingerprint density at radius 2 is 2.00 bits per heavy atom. The number of hydrogen-bond acceptors (Lipinski definition) is 1. The molecule has 0 radical (unpaired) electrons. The largest absolute Gasteiger partial charge is 0.742 e. The van der Waals surface area contributed by atoms with Crippen molar-refractivity contribution in [2.45, 2.75) is 5.75 Å². The minimum absolute atomic E-state index is 0.167. The molecule has 1 aromatic carbocycles. The van der Waals surface area contributed by atoms with Crippen LogP contribution >= 0.6 is 29.9 Å². The van der Waals surface area contributed by atoms with Crippen molar-refractivity contribution in [1.29, 1.82) is 0 Å². The molecule has 0 atom stereocenters. The van der Waals surface area contributed by atoms with Crippen LogP contribution in [0, 0.1) is 0 Å². The van der Waals surface area contributed by atoms with Crippen LogP contribution in [0.4, 0.5) is 0 Å². The zero-order valence-electron chi connectivity index (χ0n) is 6.85. The molecule has 0 aliphatic carbocycles. The zero-order valence-corrected chi connectivity index (χ0v) is 10.1. The Kier molecular flexibility index (Phi) is 4.34. The van der Waals surface area contributed by atoms with E-state index in [1.165, 1.54) is 0 Å². The average Bonchev–Trinajstić information content (AvgIpc) is 2.00. The molecule has 0 aromatic heterocycles. The molecule has 0 unspecified atom stereocenters. The molecule has 0 fully saturated rings. The number of hydrogen-bond donors (Lipinski definition) is 2. The van der Waals surface area contributed by atoms with Crippen LogP contribution in [0.5, 0.6) is 0 Å². The fraction of sp³-hybridized carbons (Fsp3) is 0.143. The van der Waals surface area contributed by atoms with E-state index in [1.807, 2.05) is 0 Å². The molecular formula is C7H7Cl2O3PS. The molecule has 14 heavy (non-hydrogen) atoms. The van der Waals surface area contributed by atoms with Gasteiger partial charge in [-0.15, -0.1) is 0 Å². The lowest BCUT2D eigenvalue weighted by Gasteiger charge is -2.02. The fourth-order valence-corrected chi connectivity index (χ4v) is 2.83. The van der Waals surface area contributed by atoms with Crippen LogP contribution < -0.4 is 4.89 Å². The summed E-state index contributed by atoms with van der Waals surface area (Å²) < 4.78 is 0. The highest BCUT2D eigenvalue weighted by Gasteiger charge is 2.10. The highest BCUT2D eigenvalue weighted by atomic mass is 35.5. The number of halogens is 2. The van der Waals surface area contributed by atoms with Crippen LogP contribution in [0.25, 0.3) is 0 Å². The Morgan fingerprint density at radius 3 is 2.50 bits per heavy atom. The van der Waals surface area contributed by atoms with E-state index in [0.29, 0.717) is 26.5 Å². The van der Waals surface area contributed by atoms with Gasteiger partial charge in [0.25, 0.3) is 0 Å². The maximum atomic E-state index is 10.6. The second-order valence-corrected chi connectivity index (χ2v) is 7.07. The maximum Gasteiger partial charge on any atom is 0.313 e. The smallest absolute Gasteiger partial charge is 0.313 e. The summed E-state index contributed by atoms with van der Waals surface area (Å²) in [6.07, 6.45) is 0. The van der Waals surface area contributed by atoms with Gasteiger partial charge in [0, 0.05) is 10.6 Å². The molecule has 78 valence electrons. The van der Waals surface area contributed by atoms with Crippen molar-refractivity contribution in [3.05, 3.63) is 33.8 Å². The Balaban J connectivity index is 2.89. The van der Waals surface area contributed by atoms with Crippen molar-refractivity contribution in [2.75, 3.05) is 0 Å². The Morgan fingerprint density at radius 1 is 1.36 bits per heavy atom. The monoisotopic (exact) mass is 272 g/mol. The Labute approximate surface area is 95.1 Å². The second kappa shape index (κ2) is 4.90. The summed E-state index contributed by atoms with van der Waals surface area (Å²) in [5.41, 5.74) is 0.657. The third kappa shape index (κ3) is 4.24. The molecule has 0 heterocycles. The predicted octanol–water partition coefficient (Wildman–Crippen LogP) is 1.60. The first-order valence-electron chi connectivity index (χ1n) is 3.52. The first-order chi connectivity index (χ1) is 6.38. The topological polar surface area (TPSA) is 63.5 Å². The molecule has 0 aliphatic rings. The van der Waals surface area contributed by atoms with Crippen molar-refractivity contribution in [2.24, 2.45) is 0 Å².